The molecule has 0 N–H and O–H groups in total. The zero-order chi connectivity index (χ0) is 26.7. The molecule has 3 aromatic carbocycles. The summed E-state index contributed by atoms with van der Waals surface area (Å²) in [5.41, 5.74) is 0. The van der Waals surface area contributed by atoms with Crippen LogP contribution in [0.4, 0.5) is 0 Å². The Kier molecular flexibility index (Phi) is 8.41. The van der Waals surface area contributed by atoms with E-state index in [-0.39, 0.29) is 22.0 Å². The third-order valence-corrected chi connectivity index (χ3v) is 13.9. The highest BCUT2D eigenvalue weighted by Gasteiger charge is 2.52. The van der Waals surface area contributed by atoms with Gasteiger partial charge in [0.25, 0.3) is 18.4 Å². The van der Waals surface area contributed by atoms with E-state index in [9.17, 15) is 13.7 Å². The zero-order valence-corrected chi connectivity index (χ0v) is 24.7. The summed E-state index contributed by atoms with van der Waals surface area (Å²) in [7, 11) is -6.84. The molecule has 37 heavy (non-hydrogen) atoms. The smallest absolute Gasteiger partial charge is 0.297 e. The fourth-order valence-electron chi connectivity index (χ4n) is 5.27. The largest absolute Gasteiger partial charge is 0.404 e. The van der Waals surface area contributed by atoms with Crippen LogP contribution in [0.15, 0.2) is 94.3 Å². The van der Waals surface area contributed by atoms with Crippen molar-refractivity contribution in [2.45, 2.75) is 62.2 Å². The van der Waals surface area contributed by atoms with Crippen LogP contribution < -0.4 is 10.4 Å². The van der Waals surface area contributed by atoms with Crippen molar-refractivity contribution in [2.75, 3.05) is 0 Å². The SMILES string of the molecule is CC(C)(C)[Si](O[C@H]1C[C@H](C#N)C[C@@H](OS(=O)(=O)c2ccc(Br)cc2)C1)(c1ccccc1)c1ccccc1. The topological polar surface area (TPSA) is 76.4 Å². The highest BCUT2D eigenvalue weighted by Crippen LogP contribution is 2.40. The van der Waals surface area contributed by atoms with Gasteiger partial charge in [0, 0.05) is 17.0 Å². The molecule has 5 nitrogen and oxygen atoms in total. The predicted octanol–water partition coefficient (Wildman–Crippen LogP) is 5.79. The lowest BCUT2D eigenvalue weighted by Crippen LogP contribution is -2.68. The van der Waals surface area contributed by atoms with Gasteiger partial charge in [0.05, 0.1) is 23.0 Å². The first kappa shape index (κ1) is 27.7. The first-order valence-electron chi connectivity index (χ1n) is 12.4. The number of nitriles is 1. The second kappa shape index (κ2) is 11.2. The van der Waals surface area contributed by atoms with Crippen molar-refractivity contribution < 1.29 is 17.0 Å². The van der Waals surface area contributed by atoms with Crippen LogP contribution in [0.1, 0.15) is 40.0 Å². The van der Waals surface area contributed by atoms with E-state index in [4.69, 9.17) is 8.61 Å². The monoisotopic (exact) mass is 597 g/mol. The van der Waals surface area contributed by atoms with Crippen molar-refractivity contribution in [3.63, 3.8) is 0 Å². The quantitative estimate of drug-likeness (QED) is 0.254. The molecular formula is C29H32BrNO4SSi. The van der Waals surface area contributed by atoms with Gasteiger partial charge in [-0.15, -0.1) is 0 Å². The minimum absolute atomic E-state index is 0.0965. The number of nitrogens with zero attached hydrogens (tertiary/aromatic N) is 1. The van der Waals surface area contributed by atoms with E-state index in [1.807, 2.05) is 36.4 Å². The number of rotatable bonds is 7. The maximum atomic E-state index is 13.0. The van der Waals surface area contributed by atoms with Crippen LogP contribution >= 0.6 is 15.9 Å². The molecule has 0 amide bonds. The molecule has 194 valence electrons. The number of hydrogen-bond donors (Lipinski definition) is 0. The predicted molar refractivity (Wildman–Crippen MR) is 152 cm³/mol. The molecule has 1 aliphatic carbocycles. The Labute approximate surface area is 229 Å². The van der Waals surface area contributed by atoms with Gasteiger partial charge in [0.1, 0.15) is 0 Å². The summed E-state index contributed by atoms with van der Waals surface area (Å²) in [5.74, 6) is -0.359. The van der Waals surface area contributed by atoms with Crippen LogP contribution in [-0.2, 0) is 18.7 Å². The number of hydrogen-bond acceptors (Lipinski definition) is 5. The van der Waals surface area contributed by atoms with Gasteiger partial charge in [0.15, 0.2) is 0 Å². The average molecular weight is 599 g/mol. The van der Waals surface area contributed by atoms with Crippen molar-refractivity contribution in [3.8, 4) is 6.07 Å². The van der Waals surface area contributed by atoms with Gasteiger partial charge in [-0.05, 0) is 52.5 Å². The van der Waals surface area contributed by atoms with E-state index < -0.39 is 24.5 Å². The molecule has 0 spiro atoms. The van der Waals surface area contributed by atoms with Gasteiger partial charge < -0.3 is 4.43 Å². The van der Waals surface area contributed by atoms with Crippen LogP contribution in [0, 0.1) is 17.2 Å². The van der Waals surface area contributed by atoms with E-state index in [0.29, 0.717) is 19.3 Å². The standard InChI is InChI=1S/C29H32BrNO4SSi/c1-29(2,3)37(27-10-6-4-7-11-27,28-12-8-5-9-13-28)35-25-19-22(21-31)18-24(20-25)34-36(32,33)26-16-14-23(30)15-17-26/h4-17,22,24-25H,18-20H2,1-3H3/t22-,24-,25+/m1/s1. The third-order valence-electron chi connectivity index (χ3n) is 6.93. The van der Waals surface area contributed by atoms with E-state index in [2.05, 4.69) is 67.0 Å². The van der Waals surface area contributed by atoms with E-state index >= 15 is 0 Å². The van der Waals surface area contributed by atoms with E-state index in [0.717, 1.165) is 14.8 Å². The molecule has 3 atom stereocenters. The highest BCUT2D eigenvalue weighted by molar-refractivity contribution is 9.10. The molecule has 0 bridgehead atoms. The Morgan fingerprint density at radius 3 is 1.84 bits per heavy atom. The number of benzene rings is 3. The molecule has 1 fully saturated rings. The first-order valence-corrected chi connectivity index (χ1v) is 16.5. The Balaban J connectivity index is 1.69. The molecule has 0 aromatic heterocycles. The summed E-state index contributed by atoms with van der Waals surface area (Å²) < 4.78 is 39.8. The van der Waals surface area contributed by atoms with Crippen molar-refractivity contribution >= 4 is 44.7 Å². The Morgan fingerprint density at radius 2 is 1.35 bits per heavy atom. The number of halogens is 1. The molecule has 1 aliphatic rings. The fraction of sp³-hybridized carbons (Fsp3) is 0.345. The van der Waals surface area contributed by atoms with Gasteiger partial charge in [-0.2, -0.15) is 13.7 Å². The minimum atomic E-state index is -3.98. The van der Waals surface area contributed by atoms with Crippen molar-refractivity contribution in [1.82, 2.24) is 0 Å². The van der Waals surface area contributed by atoms with E-state index in [1.54, 1.807) is 12.1 Å². The summed E-state index contributed by atoms with van der Waals surface area (Å²) in [6.45, 7) is 6.61. The second-order valence-electron chi connectivity index (χ2n) is 10.6. The van der Waals surface area contributed by atoms with Gasteiger partial charge >= 0.3 is 0 Å². The molecule has 4 rings (SSSR count). The lowest BCUT2D eigenvalue weighted by atomic mass is 9.86. The normalized spacial score (nSPS) is 20.8. The molecule has 0 heterocycles. The van der Waals surface area contributed by atoms with Crippen LogP contribution in [0.3, 0.4) is 0 Å². The molecule has 0 unspecified atom stereocenters. The lowest BCUT2D eigenvalue weighted by molar-refractivity contribution is 0.0505. The molecule has 0 radical (unpaired) electrons. The summed E-state index contributed by atoms with van der Waals surface area (Å²) >= 11 is 3.33. The lowest BCUT2D eigenvalue weighted by Gasteiger charge is -2.46. The van der Waals surface area contributed by atoms with Crippen LogP contribution in [-0.4, -0.2) is 28.9 Å². The maximum Gasteiger partial charge on any atom is 0.297 e. The molecular weight excluding hydrogens is 566 g/mol. The van der Waals surface area contributed by atoms with Gasteiger partial charge in [0.2, 0.25) is 0 Å². The molecule has 0 aliphatic heterocycles. The van der Waals surface area contributed by atoms with Crippen molar-refractivity contribution in [1.29, 1.82) is 5.26 Å². The second-order valence-corrected chi connectivity index (χ2v) is 17.3. The van der Waals surface area contributed by atoms with E-state index in [1.165, 1.54) is 12.1 Å². The maximum absolute atomic E-state index is 13.0. The molecule has 8 heteroatoms. The Morgan fingerprint density at radius 1 is 0.838 bits per heavy atom. The van der Waals surface area contributed by atoms with Gasteiger partial charge in [-0.25, -0.2) is 0 Å². The zero-order valence-electron chi connectivity index (χ0n) is 21.3. The van der Waals surface area contributed by atoms with Crippen molar-refractivity contribution in [2.24, 2.45) is 5.92 Å². The van der Waals surface area contributed by atoms with Gasteiger partial charge in [-0.1, -0.05) is 97.4 Å². The van der Waals surface area contributed by atoms with Crippen molar-refractivity contribution in [3.05, 3.63) is 89.4 Å². The first-order chi connectivity index (χ1) is 17.5. The third kappa shape index (κ3) is 6.08. The highest BCUT2D eigenvalue weighted by atomic mass is 79.9. The summed E-state index contributed by atoms with van der Waals surface area (Å²) in [5, 5.41) is 11.9. The Bertz CT molecular complexity index is 1300. The minimum Gasteiger partial charge on any atom is -0.404 e. The average Bonchev–Trinajstić information content (AvgIpc) is 2.87. The summed E-state index contributed by atoms with van der Waals surface area (Å²) in [6, 6.07) is 29.4. The molecule has 3 aromatic rings. The Hall–Kier alpha value is -2.28. The summed E-state index contributed by atoms with van der Waals surface area (Å²) in [4.78, 5) is 0.0965. The summed E-state index contributed by atoms with van der Waals surface area (Å²) in [6.07, 6.45) is 0.329. The van der Waals surface area contributed by atoms with Crippen LogP contribution in [0.25, 0.3) is 0 Å². The van der Waals surface area contributed by atoms with Crippen LogP contribution in [0.5, 0.6) is 0 Å². The molecule has 1 saturated carbocycles. The van der Waals surface area contributed by atoms with Crippen LogP contribution in [0.2, 0.25) is 5.04 Å². The fourth-order valence-corrected chi connectivity index (χ4v) is 11.3. The molecule has 0 saturated heterocycles. The van der Waals surface area contributed by atoms with Gasteiger partial charge in [-0.3, -0.25) is 4.18 Å².